The third-order valence-electron chi connectivity index (χ3n) is 5.42. The molecule has 11 nitrogen and oxygen atoms in total. The number of rotatable bonds is 7. The Kier molecular flexibility index (Phi) is 7.23. The number of hydrogen-bond donors (Lipinski definition) is 3. The second-order valence-electron chi connectivity index (χ2n) is 7.60. The second kappa shape index (κ2) is 9.69. The second-order valence-corrected chi connectivity index (χ2v) is 8.37. The van der Waals surface area contributed by atoms with E-state index in [-0.39, 0.29) is 28.3 Å². The van der Waals surface area contributed by atoms with Crippen molar-refractivity contribution in [1.29, 1.82) is 0 Å². The number of likely N-dealkylation sites (N-methyl/N-ethyl adjacent to an activating group) is 1. The van der Waals surface area contributed by atoms with Gasteiger partial charge in [0.05, 0.1) is 11.8 Å². The van der Waals surface area contributed by atoms with Gasteiger partial charge >= 0.3 is 0 Å². The summed E-state index contributed by atoms with van der Waals surface area (Å²) in [6, 6.07) is -0.777. The van der Waals surface area contributed by atoms with Crippen LogP contribution in [0.3, 0.4) is 0 Å². The monoisotopic (exact) mass is 439 g/mol. The normalized spacial score (nSPS) is 21.3. The summed E-state index contributed by atoms with van der Waals surface area (Å²) < 4.78 is 9.47. The molecule has 0 unspecified atom stereocenters. The van der Waals surface area contributed by atoms with Gasteiger partial charge in [-0.15, -0.1) is 0 Å². The zero-order chi connectivity index (χ0) is 21.8. The molecule has 2 saturated heterocycles. The highest BCUT2D eigenvalue weighted by molar-refractivity contribution is 7.09. The van der Waals surface area contributed by atoms with Crippen LogP contribution in [0.4, 0.5) is 5.69 Å². The zero-order valence-corrected chi connectivity index (χ0v) is 18.1. The lowest BCUT2D eigenvalue weighted by atomic mass is 10.2. The van der Waals surface area contributed by atoms with Gasteiger partial charge in [-0.1, -0.05) is 0 Å². The Hall–Kier alpha value is -2.28. The van der Waals surface area contributed by atoms with Crippen molar-refractivity contribution >= 4 is 34.9 Å². The maximum atomic E-state index is 13.4. The fraction of sp³-hybridized carbons (Fsp3) is 0.667. The van der Waals surface area contributed by atoms with Crippen LogP contribution in [-0.2, 0) is 9.53 Å². The molecule has 166 valence electrons. The maximum absolute atomic E-state index is 13.4. The summed E-state index contributed by atoms with van der Waals surface area (Å²) in [4.78, 5) is 40.0. The molecule has 12 heteroatoms. The quantitative estimate of drug-likeness (QED) is 0.496. The first-order chi connectivity index (χ1) is 14.3. The highest BCUT2D eigenvalue weighted by atomic mass is 32.1. The molecule has 0 bridgehead atoms. The van der Waals surface area contributed by atoms with Gasteiger partial charge in [0.15, 0.2) is 5.69 Å². The number of primary amides is 1. The summed E-state index contributed by atoms with van der Waals surface area (Å²) in [5.41, 5.74) is 11.1. The van der Waals surface area contributed by atoms with Crippen molar-refractivity contribution in [3.8, 4) is 0 Å². The van der Waals surface area contributed by atoms with Crippen LogP contribution in [0.1, 0.15) is 39.9 Å². The summed E-state index contributed by atoms with van der Waals surface area (Å²) in [6.45, 7) is 5.43. The molecule has 1 aromatic heterocycles. The Morgan fingerprint density at radius 1 is 1.33 bits per heavy atom. The van der Waals surface area contributed by atoms with Gasteiger partial charge in [-0.3, -0.25) is 19.4 Å². The van der Waals surface area contributed by atoms with Gasteiger partial charge < -0.3 is 26.4 Å². The first-order valence-electron chi connectivity index (χ1n) is 10.0. The van der Waals surface area contributed by atoms with Gasteiger partial charge in [0.25, 0.3) is 11.8 Å². The predicted molar refractivity (Wildman–Crippen MR) is 112 cm³/mol. The van der Waals surface area contributed by atoms with Crippen molar-refractivity contribution in [2.75, 3.05) is 52.1 Å². The molecule has 2 atom stereocenters. The molecule has 0 aromatic carbocycles. The smallest absolute Gasteiger partial charge is 0.282 e. The zero-order valence-electron chi connectivity index (χ0n) is 17.3. The van der Waals surface area contributed by atoms with E-state index in [4.69, 9.17) is 16.2 Å². The molecule has 3 amide bonds. The molecule has 1 aromatic rings. The fourth-order valence-corrected chi connectivity index (χ4v) is 4.31. The van der Waals surface area contributed by atoms with Gasteiger partial charge in [-0.25, -0.2) is 5.01 Å². The Balaban J connectivity index is 1.79. The number of aromatic nitrogens is 1. The molecule has 2 aliphatic heterocycles. The van der Waals surface area contributed by atoms with E-state index >= 15 is 0 Å². The summed E-state index contributed by atoms with van der Waals surface area (Å²) in [6.07, 6.45) is 1.89. The van der Waals surface area contributed by atoms with Gasteiger partial charge in [-0.2, -0.15) is 4.37 Å². The van der Waals surface area contributed by atoms with Crippen molar-refractivity contribution < 1.29 is 19.1 Å². The number of hydrazine groups is 1. The summed E-state index contributed by atoms with van der Waals surface area (Å²) in [7, 11) is 2.00. The van der Waals surface area contributed by atoms with Gasteiger partial charge in [-0.05, 0) is 38.3 Å². The Bertz CT molecular complexity index is 787. The van der Waals surface area contributed by atoms with E-state index in [9.17, 15) is 14.4 Å². The molecule has 3 rings (SSSR count). The number of hydrogen-bond acceptors (Lipinski definition) is 9. The molecule has 0 radical (unpaired) electrons. The number of ether oxygens (including phenoxy) is 1. The predicted octanol–water partition coefficient (Wildman–Crippen LogP) is -0.887. The van der Waals surface area contributed by atoms with E-state index in [1.165, 1.54) is 5.01 Å². The highest BCUT2D eigenvalue weighted by Gasteiger charge is 2.36. The number of nitrogen functional groups attached to an aromatic ring is 1. The number of anilines is 1. The van der Waals surface area contributed by atoms with E-state index in [0.29, 0.717) is 26.2 Å². The number of nitrogens with two attached hydrogens (primary N) is 2. The topological polar surface area (TPSA) is 147 Å². The van der Waals surface area contributed by atoms with Crippen LogP contribution in [0.15, 0.2) is 0 Å². The minimum atomic E-state index is -0.795. The molecular weight excluding hydrogens is 410 g/mol. The van der Waals surface area contributed by atoms with Gasteiger partial charge in [0, 0.05) is 39.3 Å². The molecular formula is C18H29N7O4S. The number of piperazine rings is 1. The van der Waals surface area contributed by atoms with Crippen LogP contribution in [0.5, 0.6) is 0 Å². The van der Waals surface area contributed by atoms with E-state index in [1.54, 1.807) is 6.92 Å². The summed E-state index contributed by atoms with van der Waals surface area (Å²) in [5.74, 6) is -1.55. The first-order valence-corrected chi connectivity index (χ1v) is 10.8. The molecule has 0 aliphatic carbocycles. The SMILES string of the molecule is C[C@H](C(=O)NC[C@H]1CCCO1)N(C(=O)c1snc(C(N)=O)c1N)N1CCN(C)CC1. The average Bonchev–Trinajstić information content (AvgIpc) is 3.37. The minimum Gasteiger partial charge on any atom is -0.395 e. The summed E-state index contributed by atoms with van der Waals surface area (Å²) in [5, 5.41) is 6.16. The summed E-state index contributed by atoms with van der Waals surface area (Å²) >= 11 is 0.813. The third-order valence-corrected chi connectivity index (χ3v) is 6.27. The van der Waals surface area contributed by atoms with Crippen LogP contribution < -0.4 is 16.8 Å². The number of nitrogens with zero attached hydrogens (tertiary/aromatic N) is 4. The molecule has 2 aliphatic rings. The van der Waals surface area contributed by atoms with Crippen LogP contribution >= 0.6 is 11.5 Å². The molecule has 0 spiro atoms. The Morgan fingerprint density at radius 2 is 2.03 bits per heavy atom. The van der Waals surface area contributed by atoms with Crippen molar-refractivity contribution in [3.05, 3.63) is 10.6 Å². The molecule has 5 N–H and O–H groups in total. The highest BCUT2D eigenvalue weighted by Crippen LogP contribution is 2.25. The van der Waals surface area contributed by atoms with Crippen LogP contribution in [0, 0.1) is 0 Å². The molecule has 0 saturated carbocycles. The van der Waals surface area contributed by atoms with Gasteiger partial charge in [0.2, 0.25) is 5.91 Å². The van der Waals surface area contributed by atoms with Crippen molar-refractivity contribution in [1.82, 2.24) is 24.6 Å². The van der Waals surface area contributed by atoms with E-state index in [1.807, 2.05) is 12.1 Å². The van der Waals surface area contributed by atoms with Crippen molar-refractivity contribution in [2.45, 2.75) is 31.9 Å². The van der Waals surface area contributed by atoms with Gasteiger partial charge in [0.1, 0.15) is 10.9 Å². The Labute approximate surface area is 179 Å². The fourth-order valence-electron chi connectivity index (χ4n) is 3.57. The van der Waals surface area contributed by atoms with Crippen molar-refractivity contribution in [2.24, 2.45) is 5.73 Å². The number of carbonyl (C=O) groups is 3. The lowest BCUT2D eigenvalue weighted by Gasteiger charge is -2.42. The lowest BCUT2D eigenvalue weighted by Crippen LogP contribution is -2.60. The maximum Gasteiger partial charge on any atom is 0.282 e. The number of amides is 3. The van der Waals surface area contributed by atoms with E-state index in [2.05, 4.69) is 14.6 Å². The minimum absolute atomic E-state index is 0.00389. The standard InChI is InChI=1S/C18H29N7O4S/c1-11(17(27)21-10-12-4-3-9-29-12)25(24-7-5-23(2)6-8-24)18(28)15-13(19)14(16(20)26)22-30-15/h11-12H,3-10,19H2,1-2H3,(H2,20,26)(H,21,27)/t11-,12-/m1/s1. The number of nitrogens with one attached hydrogen (secondary N) is 1. The van der Waals surface area contributed by atoms with Crippen LogP contribution in [0.2, 0.25) is 0 Å². The Morgan fingerprint density at radius 3 is 2.60 bits per heavy atom. The molecule has 30 heavy (non-hydrogen) atoms. The third kappa shape index (κ3) is 4.89. The molecule has 3 heterocycles. The van der Waals surface area contributed by atoms with Crippen LogP contribution in [0.25, 0.3) is 0 Å². The largest absolute Gasteiger partial charge is 0.395 e. The number of carbonyl (C=O) groups excluding carboxylic acids is 3. The first kappa shape index (κ1) is 22.4. The van der Waals surface area contributed by atoms with Crippen molar-refractivity contribution in [3.63, 3.8) is 0 Å². The van der Waals surface area contributed by atoms with E-state index in [0.717, 1.165) is 37.5 Å². The van der Waals surface area contributed by atoms with Crippen LogP contribution in [-0.4, -0.2) is 95.5 Å². The molecule has 2 fully saturated rings. The van der Waals surface area contributed by atoms with E-state index < -0.39 is 17.9 Å². The lowest BCUT2D eigenvalue weighted by molar-refractivity contribution is -0.133. The average molecular weight is 440 g/mol.